The van der Waals surface area contributed by atoms with Crippen molar-refractivity contribution in [3.8, 4) is 11.0 Å². The van der Waals surface area contributed by atoms with Crippen molar-refractivity contribution < 1.29 is 0 Å². The fourth-order valence-electron chi connectivity index (χ4n) is 1.27. The van der Waals surface area contributed by atoms with Gasteiger partial charge in [-0.3, -0.25) is 0 Å². The molecule has 0 spiro atoms. The molecule has 13 heavy (non-hydrogen) atoms. The molecular formula is C9H9GaN2P. The summed E-state index contributed by atoms with van der Waals surface area (Å²) in [6, 6.07) is 8.46. The van der Waals surface area contributed by atoms with Crippen LogP contribution in [0, 0.1) is 6.92 Å². The van der Waals surface area contributed by atoms with Crippen molar-refractivity contribution in [1.29, 1.82) is 0 Å². The minimum atomic E-state index is 1.06. The van der Waals surface area contributed by atoms with Gasteiger partial charge in [0, 0.05) is 0 Å². The van der Waals surface area contributed by atoms with Crippen molar-refractivity contribution in [2.75, 3.05) is 0 Å². The van der Waals surface area contributed by atoms with E-state index in [4.69, 9.17) is 0 Å². The first-order valence-corrected chi connectivity index (χ1v) is 6.35. The topological polar surface area (TPSA) is 17.8 Å². The van der Waals surface area contributed by atoms with Gasteiger partial charge in [0.2, 0.25) is 0 Å². The van der Waals surface area contributed by atoms with Gasteiger partial charge in [0.05, 0.1) is 0 Å². The molecule has 63 valence electrons. The summed E-state index contributed by atoms with van der Waals surface area (Å²) in [4.78, 5) is 0. The van der Waals surface area contributed by atoms with E-state index in [9.17, 15) is 0 Å². The quantitative estimate of drug-likeness (QED) is 0.704. The maximum atomic E-state index is 4.38. The molecule has 4 heteroatoms. The van der Waals surface area contributed by atoms with Crippen LogP contribution in [-0.4, -0.2) is 27.3 Å². The van der Waals surface area contributed by atoms with Crippen LogP contribution in [0.4, 0.5) is 0 Å². The second-order valence-corrected chi connectivity index (χ2v) is 5.18. The van der Waals surface area contributed by atoms with Gasteiger partial charge >= 0.3 is 89.2 Å². The summed E-state index contributed by atoms with van der Waals surface area (Å²) >= 11 is 1.06. The number of hydrogen-bond donors (Lipinski definition) is 0. The second-order valence-electron chi connectivity index (χ2n) is 2.89. The first-order valence-electron chi connectivity index (χ1n) is 4.06. The van der Waals surface area contributed by atoms with Crippen LogP contribution in [0.25, 0.3) is 11.0 Å². The Labute approximate surface area is 89.3 Å². The molecule has 0 aliphatic heterocycles. The van der Waals surface area contributed by atoms with E-state index in [1.807, 2.05) is 6.92 Å². The van der Waals surface area contributed by atoms with Crippen molar-refractivity contribution in [3.63, 3.8) is 0 Å². The predicted octanol–water partition coefficient (Wildman–Crippen LogP) is 2.10. The Kier molecular flexibility index (Phi) is 2.58. The van der Waals surface area contributed by atoms with Crippen LogP contribution in [0.15, 0.2) is 30.1 Å². The zero-order chi connectivity index (χ0) is 9.26. The molecule has 0 bridgehead atoms. The number of hydrogen-bond acceptors (Lipinski definition) is 1. The Morgan fingerprint density at radius 2 is 2.31 bits per heavy atom. The molecule has 0 atom stereocenters. The molecule has 0 amide bonds. The Bertz CT molecular complexity index is 411. The van der Waals surface area contributed by atoms with Crippen LogP contribution in [0.3, 0.4) is 0 Å². The van der Waals surface area contributed by atoms with Crippen molar-refractivity contribution in [2.45, 2.75) is 6.92 Å². The van der Waals surface area contributed by atoms with E-state index in [2.05, 4.69) is 38.6 Å². The summed E-state index contributed by atoms with van der Waals surface area (Å²) in [6.45, 7) is 2.04. The third-order valence-electron chi connectivity index (χ3n) is 1.83. The third kappa shape index (κ3) is 1.88. The molecule has 2 rings (SSSR count). The normalized spacial score (nSPS) is 10.8. The zero-order valence-electron chi connectivity index (χ0n) is 7.44. The summed E-state index contributed by atoms with van der Waals surface area (Å²) < 4.78 is 2.06. The number of aryl methyl sites for hydroxylation is 1. The van der Waals surface area contributed by atoms with Gasteiger partial charge in [0.15, 0.2) is 0 Å². The number of aromatic nitrogens is 2. The maximum absolute atomic E-state index is 4.38. The number of nitrogens with zero attached hydrogens (tertiary/aromatic N) is 2. The molecule has 2 aromatic rings. The van der Waals surface area contributed by atoms with Gasteiger partial charge in [-0.1, -0.05) is 0 Å². The summed E-state index contributed by atoms with van der Waals surface area (Å²) in [5, 5.41) is 5.72. The molecule has 0 fully saturated rings. The van der Waals surface area contributed by atoms with Gasteiger partial charge in [-0.25, -0.2) is 0 Å². The summed E-state index contributed by atoms with van der Waals surface area (Å²) in [7, 11) is 1.27. The van der Waals surface area contributed by atoms with Crippen LogP contribution in [0.1, 0.15) is 5.69 Å². The standard InChI is InChI=1S/C9H8N2P.Ga.H/c1-7-6-8(11-10-7)9-4-2-3-5-12-9;;/h2-6H,1H3;;/q-1;+1;. The number of rotatable bonds is 1. The summed E-state index contributed by atoms with van der Waals surface area (Å²) in [5.74, 6) is 2.15. The third-order valence-corrected chi connectivity index (χ3v) is 3.82. The van der Waals surface area contributed by atoms with Crippen molar-refractivity contribution in [1.82, 2.24) is 8.49 Å². The zero-order valence-corrected chi connectivity index (χ0v) is 11.3. The average molecular weight is 246 g/mol. The van der Waals surface area contributed by atoms with E-state index < -0.39 is 0 Å². The van der Waals surface area contributed by atoms with E-state index in [0.29, 0.717) is 0 Å². The molecule has 0 saturated carbocycles. The SMILES string of the molecule is Cc1cc(-c2ccccp2)[n]([GaH])n1. The van der Waals surface area contributed by atoms with Crippen LogP contribution < -0.4 is 0 Å². The van der Waals surface area contributed by atoms with Crippen molar-refractivity contribution in [2.24, 2.45) is 0 Å². The average Bonchev–Trinajstić information content (AvgIpc) is 2.47. The Balaban J connectivity index is 2.53. The van der Waals surface area contributed by atoms with Crippen LogP contribution >= 0.6 is 8.19 Å². The molecular weight excluding hydrogens is 237 g/mol. The Morgan fingerprint density at radius 1 is 1.46 bits per heavy atom. The molecule has 0 saturated heterocycles. The van der Waals surface area contributed by atoms with Gasteiger partial charge in [0.1, 0.15) is 0 Å². The van der Waals surface area contributed by atoms with Gasteiger partial charge in [-0.2, -0.15) is 0 Å². The van der Waals surface area contributed by atoms with Crippen LogP contribution in [0.2, 0.25) is 0 Å². The fourth-order valence-corrected chi connectivity index (χ4v) is 3.39. The van der Waals surface area contributed by atoms with Gasteiger partial charge < -0.3 is 0 Å². The molecule has 0 unspecified atom stereocenters. The fraction of sp³-hybridized carbons (Fsp3) is 0.111. The molecule has 0 aromatic carbocycles. The summed E-state index contributed by atoms with van der Waals surface area (Å²) in [6.07, 6.45) is 0. The van der Waals surface area contributed by atoms with E-state index in [-0.39, 0.29) is 0 Å². The molecule has 0 aliphatic carbocycles. The molecule has 2 nitrogen and oxygen atoms in total. The minimum absolute atomic E-state index is 1.06. The second kappa shape index (κ2) is 3.70. The molecule has 2 heterocycles. The van der Waals surface area contributed by atoms with Gasteiger partial charge in [0.25, 0.3) is 0 Å². The predicted molar refractivity (Wildman–Crippen MR) is 57.5 cm³/mol. The summed E-state index contributed by atoms with van der Waals surface area (Å²) in [5.41, 5.74) is 2.37. The first-order chi connectivity index (χ1) is 6.27. The van der Waals surface area contributed by atoms with E-state index in [1.165, 1.54) is 19.2 Å². The molecule has 0 aliphatic rings. The van der Waals surface area contributed by atoms with Crippen molar-refractivity contribution >= 4 is 27.0 Å². The van der Waals surface area contributed by atoms with Gasteiger partial charge in [-0.05, 0) is 0 Å². The van der Waals surface area contributed by atoms with Gasteiger partial charge in [-0.15, -0.1) is 0 Å². The van der Waals surface area contributed by atoms with Crippen molar-refractivity contribution in [3.05, 3.63) is 35.8 Å². The monoisotopic (exact) mass is 245 g/mol. The Hall–Kier alpha value is -0.504. The van der Waals surface area contributed by atoms with Crippen LogP contribution in [0.5, 0.6) is 0 Å². The first kappa shape index (κ1) is 9.07. The Morgan fingerprint density at radius 3 is 2.85 bits per heavy atom. The molecule has 2 aromatic heterocycles. The van der Waals surface area contributed by atoms with E-state index in [1.54, 1.807) is 0 Å². The van der Waals surface area contributed by atoms with Crippen LogP contribution in [-0.2, 0) is 0 Å². The molecule has 0 N–H and O–H groups in total. The van der Waals surface area contributed by atoms with E-state index >= 15 is 0 Å². The van der Waals surface area contributed by atoms with E-state index in [0.717, 1.165) is 24.5 Å². The molecule has 1 radical (unpaired) electrons.